The van der Waals surface area contributed by atoms with Crippen LogP contribution in [0.1, 0.15) is 54.9 Å². The van der Waals surface area contributed by atoms with Gasteiger partial charge < -0.3 is 15.0 Å². The van der Waals surface area contributed by atoms with Crippen LogP contribution in [0.15, 0.2) is 54.7 Å². The van der Waals surface area contributed by atoms with Crippen LogP contribution in [0.3, 0.4) is 0 Å². The lowest BCUT2D eigenvalue weighted by Crippen LogP contribution is -2.15. The van der Waals surface area contributed by atoms with Crippen molar-refractivity contribution in [3.05, 3.63) is 65.9 Å². The number of aryl methyl sites for hydroxylation is 1. The number of carbonyl (C=O) groups excluding carboxylic acids is 3. The van der Waals surface area contributed by atoms with Crippen LogP contribution < -0.4 is 5.32 Å². The number of unbranched alkanes of at least 4 members (excludes halogenated alkanes) is 2. The Bertz CT molecular complexity index is 1040. The highest BCUT2D eigenvalue weighted by atomic mass is 16.5. The molecule has 0 saturated heterocycles. The zero-order chi connectivity index (χ0) is 22.1. The summed E-state index contributed by atoms with van der Waals surface area (Å²) in [6, 6.07) is 14.5. The fourth-order valence-corrected chi connectivity index (χ4v) is 3.38. The third kappa shape index (κ3) is 6.54. The van der Waals surface area contributed by atoms with Gasteiger partial charge in [-0.05, 0) is 48.7 Å². The number of hydrogen-bond donors (Lipinski definition) is 2. The highest BCUT2D eigenvalue weighted by molar-refractivity contribution is 5.99. The Kier molecular flexibility index (Phi) is 7.98. The first-order valence-corrected chi connectivity index (χ1v) is 10.7. The molecule has 1 heterocycles. The van der Waals surface area contributed by atoms with Crippen LogP contribution in [-0.4, -0.2) is 29.3 Å². The molecule has 1 amide bonds. The Balaban J connectivity index is 1.42. The van der Waals surface area contributed by atoms with Gasteiger partial charge in [-0.25, -0.2) is 0 Å². The van der Waals surface area contributed by atoms with Gasteiger partial charge in [-0.3, -0.25) is 14.4 Å². The van der Waals surface area contributed by atoms with Gasteiger partial charge in [-0.1, -0.05) is 38.0 Å². The summed E-state index contributed by atoms with van der Waals surface area (Å²) < 4.78 is 5.15. The van der Waals surface area contributed by atoms with E-state index in [1.165, 1.54) is 0 Å². The Morgan fingerprint density at radius 1 is 0.968 bits per heavy atom. The minimum absolute atomic E-state index is 0.0309. The van der Waals surface area contributed by atoms with Crippen molar-refractivity contribution in [1.82, 2.24) is 4.98 Å². The molecule has 162 valence electrons. The minimum Gasteiger partial charge on any atom is -0.457 e. The summed E-state index contributed by atoms with van der Waals surface area (Å²) in [7, 11) is 0. The number of anilines is 1. The van der Waals surface area contributed by atoms with E-state index in [-0.39, 0.29) is 24.7 Å². The Morgan fingerprint density at radius 3 is 2.52 bits per heavy atom. The molecule has 31 heavy (non-hydrogen) atoms. The van der Waals surface area contributed by atoms with E-state index in [9.17, 15) is 14.4 Å². The third-order valence-corrected chi connectivity index (χ3v) is 5.14. The normalized spacial score (nSPS) is 10.7. The number of aromatic amines is 1. The van der Waals surface area contributed by atoms with Gasteiger partial charge in [0.15, 0.2) is 12.4 Å². The summed E-state index contributed by atoms with van der Waals surface area (Å²) in [6.45, 7) is 1.80. The number of para-hydroxylation sites is 1. The van der Waals surface area contributed by atoms with Crippen LogP contribution in [0.2, 0.25) is 0 Å². The molecule has 6 nitrogen and oxygen atoms in total. The van der Waals surface area contributed by atoms with Gasteiger partial charge in [-0.2, -0.15) is 0 Å². The van der Waals surface area contributed by atoms with Crippen LogP contribution in [0, 0.1) is 0 Å². The molecule has 6 heteroatoms. The van der Waals surface area contributed by atoms with Crippen molar-refractivity contribution in [2.75, 3.05) is 11.9 Å². The van der Waals surface area contributed by atoms with E-state index in [1.807, 2.05) is 30.5 Å². The van der Waals surface area contributed by atoms with Gasteiger partial charge in [0.05, 0.1) is 0 Å². The van der Waals surface area contributed by atoms with Gasteiger partial charge in [0.25, 0.3) is 0 Å². The van der Waals surface area contributed by atoms with Gasteiger partial charge in [0, 0.05) is 41.2 Å². The predicted molar refractivity (Wildman–Crippen MR) is 121 cm³/mol. The average molecular weight is 421 g/mol. The van der Waals surface area contributed by atoms with E-state index in [0.717, 1.165) is 35.7 Å². The molecule has 0 fully saturated rings. The number of ketones is 1. The minimum atomic E-state index is -0.408. The summed E-state index contributed by atoms with van der Waals surface area (Å²) in [5.41, 5.74) is 3.16. The maximum atomic E-state index is 12.3. The van der Waals surface area contributed by atoms with Crippen LogP contribution in [0.5, 0.6) is 0 Å². The standard InChI is InChI=1S/C25H28N2O4/c1-2-3-4-9-24(29)27-20-13-10-18(11-14-20)23(28)17-31-25(30)15-12-19-16-26-22-8-6-5-7-21(19)22/h5-8,10-11,13-14,16,26H,2-4,9,12,15,17H2,1H3,(H,27,29). The van der Waals surface area contributed by atoms with E-state index < -0.39 is 5.97 Å². The number of esters is 1. The summed E-state index contributed by atoms with van der Waals surface area (Å²) in [5.74, 6) is -0.715. The molecule has 3 aromatic rings. The number of amides is 1. The molecule has 2 aromatic carbocycles. The van der Waals surface area contributed by atoms with Crippen molar-refractivity contribution in [2.24, 2.45) is 0 Å². The number of benzene rings is 2. The molecule has 0 aliphatic rings. The smallest absolute Gasteiger partial charge is 0.306 e. The van der Waals surface area contributed by atoms with E-state index in [2.05, 4.69) is 17.2 Å². The van der Waals surface area contributed by atoms with Crippen molar-refractivity contribution >= 4 is 34.3 Å². The second kappa shape index (κ2) is 11.1. The largest absolute Gasteiger partial charge is 0.457 e. The first kappa shape index (κ1) is 22.3. The molecular formula is C25H28N2O4. The number of Topliss-reactive ketones (excluding diaryl/α,β-unsaturated/α-hetero) is 1. The molecular weight excluding hydrogens is 392 g/mol. The second-order valence-electron chi connectivity index (χ2n) is 7.53. The lowest BCUT2D eigenvalue weighted by atomic mass is 10.1. The maximum Gasteiger partial charge on any atom is 0.306 e. The van der Waals surface area contributed by atoms with Gasteiger partial charge in [-0.15, -0.1) is 0 Å². The first-order chi connectivity index (χ1) is 15.1. The topological polar surface area (TPSA) is 88.3 Å². The monoisotopic (exact) mass is 420 g/mol. The van der Waals surface area contributed by atoms with Crippen LogP contribution in [-0.2, 0) is 20.7 Å². The molecule has 0 spiro atoms. The van der Waals surface area contributed by atoms with Gasteiger partial charge >= 0.3 is 5.97 Å². The van der Waals surface area contributed by atoms with E-state index >= 15 is 0 Å². The van der Waals surface area contributed by atoms with Crippen LogP contribution in [0.4, 0.5) is 5.69 Å². The van der Waals surface area contributed by atoms with Crippen molar-refractivity contribution in [2.45, 2.75) is 45.4 Å². The molecule has 0 unspecified atom stereocenters. The molecule has 0 saturated carbocycles. The van der Waals surface area contributed by atoms with Gasteiger partial charge in [0.2, 0.25) is 5.91 Å². The van der Waals surface area contributed by atoms with E-state index in [1.54, 1.807) is 24.3 Å². The average Bonchev–Trinajstić information content (AvgIpc) is 3.20. The van der Waals surface area contributed by atoms with Crippen molar-refractivity contribution < 1.29 is 19.1 Å². The number of hydrogen-bond acceptors (Lipinski definition) is 4. The van der Waals surface area contributed by atoms with E-state index in [4.69, 9.17) is 4.74 Å². The zero-order valence-electron chi connectivity index (χ0n) is 17.8. The summed E-state index contributed by atoms with van der Waals surface area (Å²) in [4.78, 5) is 39.4. The van der Waals surface area contributed by atoms with E-state index in [0.29, 0.717) is 24.1 Å². The molecule has 2 N–H and O–H groups in total. The number of ether oxygens (including phenoxy) is 1. The molecule has 0 bridgehead atoms. The molecule has 0 atom stereocenters. The molecule has 0 aliphatic carbocycles. The Morgan fingerprint density at radius 2 is 1.74 bits per heavy atom. The summed E-state index contributed by atoms with van der Waals surface area (Å²) in [5, 5.41) is 3.91. The maximum absolute atomic E-state index is 12.3. The summed E-state index contributed by atoms with van der Waals surface area (Å²) in [6.07, 6.45) is 6.10. The SMILES string of the molecule is CCCCCC(=O)Nc1ccc(C(=O)COC(=O)CCc2c[nH]c3ccccc23)cc1. The predicted octanol–water partition coefficient (Wildman–Crippen LogP) is 5.05. The van der Waals surface area contributed by atoms with Crippen molar-refractivity contribution in [3.8, 4) is 0 Å². The fraction of sp³-hybridized carbons (Fsp3) is 0.320. The molecule has 0 aliphatic heterocycles. The zero-order valence-corrected chi connectivity index (χ0v) is 17.8. The number of nitrogens with one attached hydrogen (secondary N) is 2. The van der Waals surface area contributed by atoms with Gasteiger partial charge in [0.1, 0.15) is 0 Å². The first-order valence-electron chi connectivity index (χ1n) is 10.7. The van der Waals surface area contributed by atoms with Crippen molar-refractivity contribution in [1.29, 1.82) is 0 Å². The Hall–Kier alpha value is -3.41. The third-order valence-electron chi connectivity index (χ3n) is 5.14. The van der Waals surface area contributed by atoms with Crippen molar-refractivity contribution in [3.63, 3.8) is 0 Å². The molecule has 0 radical (unpaired) electrons. The summed E-state index contributed by atoms with van der Waals surface area (Å²) >= 11 is 0. The van der Waals surface area contributed by atoms with Crippen LogP contribution >= 0.6 is 0 Å². The number of fused-ring (bicyclic) bond motifs is 1. The number of rotatable bonds is 11. The van der Waals surface area contributed by atoms with Crippen LogP contribution in [0.25, 0.3) is 10.9 Å². The number of H-pyrrole nitrogens is 1. The fourth-order valence-electron chi connectivity index (χ4n) is 3.38. The Labute approximate surface area is 182 Å². The molecule has 1 aromatic heterocycles. The second-order valence-corrected chi connectivity index (χ2v) is 7.53. The lowest BCUT2D eigenvalue weighted by molar-refractivity contribution is -0.142. The molecule has 3 rings (SSSR count). The lowest BCUT2D eigenvalue weighted by Gasteiger charge is -2.07. The number of carbonyl (C=O) groups is 3. The highest BCUT2D eigenvalue weighted by Crippen LogP contribution is 2.19. The highest BCUT2D eigenvalue weighted by Gasteiger charge is 2.12. The quantitative estimate of drug-likeness (QED) is 0.258. The number of aromatic nitrogens is 1.